The summed E-state index contributed by atoms with van der Waals surface area (Å²) in [5.74, 6) is 2.42. The zero-order valence-electron chi connectivity index (χ0n) is 13.9. The zero-order valence-corrected chi connectivity index (χ0v) is 13.9. The van der Waals surface area contributed by atoms with Gasteiger partial charge in [0, 0.05) is 0 Å². The summed E-state index contributed by atoms with van der Waals surface area (Å²) in [5.41, 5.74) is 7.18. The van der Waals surface area contributed by atoms with Crippen LogP contribution in [0.2, 0.25) is 0 Å². The van der Waals surface area contributed by atoms with E-state index in [1.807, 2.05) is 36.4 Å². The average Bonchev–Trinajstić information content (AvgIpc) is 2.66. The Morgan fingerprint density at radius 1 is 0.840 bits per heavy atom. The number of hydrogen-bond donors (Lipinski definition) is 2. The molecule has 0 saturated heterocycles. The maximum Gasteiger partial charge on any atom is 0.248 e. The van der Waals surface area contributed by atoms with Crippen molar-refractivity contribution in [2.75, 3.05) is 25.3 Å². The minimum absolute atomic E-state index is 0.233. The van der Waals surface area contributed by atoms with Crippen LogP contribution in [0.25, 0.3) is 0 Å². The minimum Gasteiger partial charge on any atom is -0.495 e. The molecule has 3 aromatic rings. The van der Waals surface area contributed by atoms with E-state index in [4.69, 9.17) is 19.9 Å². The van der Waals surface area contributed by atoms with Crippen molar-refractivity contribution in [2.45, 2.75) is 0 Å². The molecule has 0 atom stereocenters. The summed E-state index contributed by atoms with van der Waals surface area (Å²) in [6.45, 7) is 0. The molecule has 0 radical (unpaired) electrons. The van der Waals surface area contributed by atoms with E-state index in [0.717, 1.165) is 5.69 Å². The molecule has 1 aromatic heterocycles. The van der Waals surface area contributed by atoms with E-state index >= 15 is 0 Å². The molecule has 0 aliphatic heterocycles. The fourth-order valence-electron chi connectivity index (χ4n) is 2.24. The summed E-state index contributed by atoms with van der Waals surface area (Å²) >= 11 is 0. The quantitative estimate of drug-likeness (QED) is 0.709. The molecule has 25 heavy (non-hydrogen) atoms. The molecule has 0 unspecified atom stereocenters. The Kier molecular flexibility index (Phi) is 4.84. The maximum atomic E-state index is 6.17. The highest BCUT2D eigenvalue weighted by molar-refractivity contribution is 5.75. The van der Waals surface area contributed by atoms with Gasteiger partial charge in [0.2, 0.25) is 5.88 Å². The lowest BCUT2D eigenvalue weighted by Gasteiger charge is -2.14. The molecule has 0 bridgehead atoms. The van der Waals surface area contributed by atoms with Crippen LogP contribution in [-0.2, 0) is 0 Å². The number of nitrogen functional groups attached to an aromatic ring is 1. The first-order valence-electron chi connectivity index (χ1n) is 7.54. The van der Waals surface area contributed by atoms with Gasteiger partial charge >= 0.3 is 0 Å². The van der Waals surface area contributed by atoms with E-state index in [2.05, 4.69) is 15.3 Å². The fraction of sp³-hybridized carbons (Fsp3) is 0.111. The molecule has 3 N–H and O–H groups in total. The van der Waals surface area contributed by atoms with Gasteiger partial charge in [-0.05, 0) is 24.3 Å². The van der Waals surface area contributed by atoms with Gasteiger partial charge in [-0.3, -0.25) is 0 Å². The number of rotatable bonds is 6. The second kappa shape index (κ2) is 7.39. The third kappa shape index (κ3) is 3.55. The van der Waals surface area contributed by atoms with Crippen LogP contribution in [0.1, 0.15) is 0 Å². The second-order valence-corrected chi connectivity index (χ2v) is 5.02. The van der Waals surface area contributed by atoms with Crippen molar-refractivity contribution >= 4 is 17.2 Å². The van der Waals surface area contributed by atoms with Crippen LogP contribution in [0.15, 0.2) is 54.9 Å². The number of nitrogens with one attached hydrogen (secondary N) is 1. The van der Waals surface area contributed by atoms with Crippen LogP contribution in [0.4, 0.5) is 17.2 Å². The predicted molar refractivity (Wildman–Crippen MR) is 95.8 cm³/mol. The molecule has 0 spiro atoms. The molecule has 7 heteroatoms. The van der Waals surface area contributed by atoms with Crippen LogP contribution in [0.5, 0.6) is 23.1 Å². The molecule has 1 heterocycles. The van der Waals surface area contributed by atoms with E-state index in [9.17, 15) is 0 Å². The molecular formula is C18H18N4O3. The van der Waals surface area contributed by atoms with Gasteiger partial charge in [-0.2, -0.15) is 4.98 Å². The summed E-state index contributed by atoms with van der Waals surface area (Å²) < 4.78 is 16.4. The van der Waals surface area contributed by atoms with Crippen LogP contribution >= 0.6 is 0 Å². The average molecular weight is 338 g/mol. The van der Waals surface area contributed by atoms with Gasteiger partial charge in [0.1, 0.15) is 17.8 Å². The second-order valence-electron chi connectivity index (χ2n) is 5.02. The van der Waals surface area contributed by atoms with Crippen molar-refractivity contribution in [3.63, 3.8) is 0 Å². The third-order valence-electron chi connectivity index (χ3n) is 3.48. The lowest BCUT2D eigenvalue weighted by Crippen LogP contribution is -2.04. The normalized spacial score (nSPS) is 10.2. The molecular weight excluding hydrogens is 320 g/mol. The molecule has 0 saturated carbocycles. The molecule has 0 aliphatic rings. The Morgan fingerprint density at radius 2 is 1.48 bits per heavy atom. The molecule has 0 fully saturated rings. The Balaban J connectivity index is 1.90. The van der Waals surface area contributed by atoms with Gasteiger partial charge < -0.3 is 25.3 Å². The number of benzene rings is 2. The first-order chi connectivity index (χ1) is 12.2. The maximum absolute atomic E-state index is 6.17. The Labute approximate surface area is 145 Å². The Bertz CT molecular complexity index is 803. The number of ether oxygens (including phenoxy) is 3. The molecule has 2 aromatic carbocycles. The smallest absolute Gasteiger partial charge is 0.248 e. The van der Waals surface area contributed by atoms with Crippen molar-refractivity contribution < 1.29 is 14.2 Å². The number of anilines is 3. The molecule has 3 rings (SSSR count). The van der Waals surface area contributed by atoms with E-state index < -0.39 is 0 Å². The van der Waals surface area contributed by atoms with Gasteiger partial charge in [0.05, 0.1) is 19.9 Å². The highest BCUT2D eigenvalue weighted by atomic mass is 16.5. The lowest BCUT2D eigenvalue weighted by molar-refractivity contribution is 0.374. The Hall–Kier alpha value is -3.48. The van der Waals surface area contributed by atoms with Crippen molar-refractivity contribution in [3.8, 4) is 23.1 Å². The number of nitrogens with two attached hydrogens (primary N) is 1. The van der Waals surface area contributed by atoms with E-state index in [0.29, 0.717) is 23.1 Å². The van der Waals surface area contributed by atoms with Crippen molar-refractivity contribution in [3.05, 3.63) is 54.9 Å². The number of aromatic nitrogens is 2. The Morgan fingerprint density at radius 3 is 2.20 bits per heavy atom. The van der Waals surface area contributed by atoms with Crippen LogP contribution < -0.4 is 25.3 Å². The van der Waals surface area contributed by atoms with E-state index in [1.165, 1.54) is 6.33 Å². The summed E-state index contributed by atoms with van der Waals surface area (Å²) in [6, 6.07) is 14.7. The highest BCUT2D eigenvalue weighted by Gasteiger charge is 2.14. The molecule has 7 nitrogen and oxygen atoms in total. The van der Waals surface area contributed by atoms with Crippen LogP contribution in [-0.4, -0.2) is 24.2 Å². The number of para-hydroxylation sites is 4. The summed E-state index contributed by atoms with van der Waals surface area (Å²) in [6.07, 6.45) is 1.37. The van der Waals surface area contributed by atoms with Gasteiger partial charge in [-0.25, -0.2) is 4.98 Å². The first-order valence-corrected chi connectivity index (χ1v) is 7.54. The number of hydrogen-bond acceptors (Lipinski definition) is 7. The number of nitrogens with zero attached hydrogens (tertiary/aromatic N) is 2. The monoisotopic (exact) mass is 338 g/mol. The van der Waals surface area contributed by atoms with Crippen molar-refractivity contribution in [2.24, 2.45) is 0 Å². The molecule has 0 amide bonds. The number of methoxy groups -OCH3 is 2. The SMILES string of the molecule is COc1ccccc1Nc1ncnc(Oc2ccccc2OC)c1N. The van der Waals surface area contributed by atoms with Crippen LogP contribution in [0.3, 0.4) is 0 Å². The topological polar surface area (TPSA) is 91.5 Å². The van der Waals surface area contributed by atoms with Gasteiger partial charge in [0.15, 0.2) is 17.3 Å². The van der Waals surface area contributed by atoms with Crippen LogP contribution in [0, 0.1) is 0 Å². The fourth-order valence-corrected chi connectivity index (χ4v) is 2.24. The largest absolute Gasteiger partial charge is 0.495 e. The zero-order chi connectivity index (χ0) is 17.6. The van der Waals surface area contributed by atoms with Gasteiger partial charge in [0.25, 0.3) is 0 Å². The van der Waals surface area contributed by atoms with Crippen molar-refractivity contribution in [1.29, 1.82) is 0 Å². The van der Waals surface area contributed by atoms with Gasteiger partial charge in [-0.15, -0.1) is 0 Å². The summed E-state index contributed by atoms with van der Waals surface area (Å²) in [7, 11) is 3.17. The standard InChI is InChI=1S/C18H18N4O3/c1-23-13-8-4-3-7-12(13)22-17-16(19)18(21-11-20-17)25-15-10-6-5-9-14(15)24-2/h3-11H,19H2,1-2H3,(H,20,21,22). The van der Waals surface area contributed by atoms with Crippen molar-refractivity contribution in [1.82, 2.24) is 9.97 Å². The predicted octanol–water partition coefficient (Wildman–Crippen LogP) is 3.61. The highest BCUT2D eigenvalue weighted by Crippen LogP contribution is 2.36. The summed E-state index contributed by atoms with van der Waals surface area (Å²) in [5, 5.41) is 3.13. The lowest BCUT2D eigenvalue weighted by atomic mass is 10.3. The first kappa shape index (κ1) is 16.4. The van der Waals surface area contributed by atoms with E-state index in [-0.39, 0.29) is 11.6 Å². The third-order valence-corrected chi connectivity index (χ3v) is 3.48. The van der Waals surface area contributed by atoms with Gasteiger partial charge in [-0.1, -0.05) is 24.3 Å². The molecule has 0 aliphatic carbocycles. The van der Waals surface area contributed by atoms with E-state index in [1.54, 1.807) is 26.4 Å². The summed E-state index contributed by atoms with van der Waals surface area (Å²) in [4.78, 5) is 8.29. The minimum atomic E-state index is 0.233. The molecule has 128 valence electrons.